The Morgan fingerprint density at radius 3 is 2.67 bits per heavy atom. The molecule has 0 heterocycles. The molecule has 2 N–H and O–H groups in total. The highest BCUT2D eigenvalue weighted by molar-refractivity contribution is 5.13. The number of hydrogen-bond donors (Lipinski definition) is 2. The minimum absolute atomic E-state index is 0.161. The summed E-state index contributed by atoms with van der Waals surface area (Å²) in [6, 6.07) is 0. The first kappa shape index (κ1) is 6.78. The first-order valence-electron chi connectivity index (χ1n) is 3.21. The van der Waals surface area contributed by atoms with E-state index in [2.05, 4.69) is 0 Å². The standard InChI is InChI=1S/C7H12O2/c1-5-2-6(4-8)3-7(5)9/h2,6-9H,3-4H2,1H3. The van der Waals surface area contributed by atoms with Crippen LogP contribution in [0.4, 0.5) is 0 Å². The summed E-state index contributed by atoms with van der Waals surface area (Å²) < 4.78 is 0. The van der Waals surface area contributed by atoms with Crippen molar-refractivity contribution in [3.05, 3.63) is 11.6 Å². The molecule has 0 bridgehead atoms. The van der Waals surface area contributed by atoms with Crippen molar-refractivity contribution in [3.8, 4) is 0 Å². The van der Waals surface area contributed by atoms with Gasteiger partial charge in [-0.05, 0) is 18.9 Å². The van der Waals surface area contributed by atoms with E-state index in [9.17, 15) is 0 Å². The zero-order valence-electron chi connectivity index (χ0n) is 5.54. The van der Waals surface area contributed by atoms with Crippen LogP contribution in [0.5, 0.6) is 0 Å². The molecule has 0 amide bonds. The number of aliphatic hydroxyl groups excluding tert-OH is 2. The lowest BCUT2D eigenvalue weighted by molar-refractivity contribution is 0.175. The largest absolute Gasteiger partial charge is 0.396 e. The van der Waals surface area contributed by atoms with Gasteiger partial charge in [0.2, 0.25) is 0 Å². The number of rotatable bonds is 1. The van der Waals surface area contributed by atoms with Crippen molar-refractivity contribution in [2.45, 2.75) is 19.4 Å². The monoisotopic (exact) mass is 128 g/mol. The molecule has 2 atom stereocenters. The topological polar surface area (TPSA) is 40.5 Å². The van der Waals surface area contributed by atoms with Crippen molar-refractivity contribution >= 4 is 0 Å². The molecule has 9 heavy (non-hydrogen) atoms. The normalized spacial score (nSPS) is 34.8. The van der Waals surface area contributed by atoms with Gasteiger partial charge in [-0.1, -0.05) is 6.08 Å². The van der Waals surface area contributed by atoms with Gasteiger partial charge in [0.25, 0.3) is 0 Å². The summed E-state index contributed by atoms with van der Waals surface area (Å²) in [6.07, 6.45) is 2.33. The van der Waals surface area contributed by atoms with Gasteiger partial charge in [0, 0.05) is 12.5 Å². The summed E-state index contributed by atoms with van der Waals surface area (Å²) in [5, 5.41) is 17.8. The van der Waals surface area contributed by atoms with E-state index in [1.165, 1.54) is 0 Å². The summed E-state index contributed by atoms with van der Waals surface area (Å²) >= 11 is 0. The summed E-state index contributed by atoms with van der Waals surface area (Å²) in [7, 11) is 0. The van der Waals surface area contributed by atoms with Gasteiger partial charge < -0.3 is 10.2 Å². The first-order chi connectivity index (χ1) is 4.24. The van der Waals surface area contributed by atoms with E-state index in [0.717, 1.165) is 5.57 Å². The second-order valence-corrected chi connectivity index (χ2v) is 2.60. The Morgan fingerprint density at radius 1 is 1.78 bits per heavy atom. The molecule has 0 saturated carbocycles. The van der Waals surface area contributed by atoms with Crippen molar-refractivity contribution in [2.24, 2.45) is 5.92 Å². The second kappa shape index (κ2) is 2.50. The first-order valence-corrected chi connectivity index (χ1v) is 3.21. The minimum atomic E-state index is -0.304. The van der Waals surface area contributed by atoms with E-state index in [0.29, 0.717) is 6.42 Å². The van der Waals surface area contributed by atoms with Crippen molar-refractivity contribution in [3.63, 3.8) is 0 Å². The van der Waals surface area contributed by atoms with Crippen LogP contribution in [0.2, 0.25) is 0 Å². The van der Waals surface area contributed by atoms with E-state index in [4.69, 9.17) is 10.2 Å². The summed E-state index contributed by atoms with van der Waals surface area (Å²) in [5.41, 5.74) is 0.994. The predicted octanol–water partition coefficient (Wildman–Crippen LogP) is 0.306. The maximum atomic E-state index is 9.12. The van der Waals surface area contributed by atoms with Crippen LogP contribution in [-0.4, -0.2) is 22.9 Å². The van der Waals surface area contributed by atoms with Crippen LogP contribution >= 0.6 is 0 Å². The molecule has 0 saturated heterocycles. The Hall–Kier alpha value is -0.340. The van der Waals surface area contributed by atoms with Gasteiger partial charge >= 0.3 is 0 Å². The van der Waals surface area contributed by atoms with Gasteiger partial charge in [-0.3, -0.25) is 0 Å². The Kier molecular flexibility index (Phi) is 1.88. The molecule has 1 aliphatic rings. The second-order valence-electron chi connectivity index (χ2n) is 2.60. The third-order valence-corrected chi connectivity index (χ3v) is 1.78. The molecule has 1 aliphatic carbocycles. The number of hydrogen-bond acceptors (Lipinski definition) is 2. The van der Waals surface area contributed by atoms with Gasteiger partial charge in [-0.2, -0.15) is 0 Å². The highest BCUT2D eigenvalue weighted by Crippen LogP contribution is 2.23. The Bertz CT molecular complexity index is 129. The van der Waals surface area contributed by atoms with E-state index in [1.807, 2.05) is 13.0 Å². The maximum Gasteiger partial charge on any atom is 0.0754 e. The van der Waals surface area contributed by atoms with Crippen molar-refractivity contribution < 1.29 is 10.2 Å². The fourth-order valence-electron chi connectivity index (χ4n) is 1.15. The summed E-state index contributed by atoms with van der Waals surface area (Å²) in [4.78, 5) is 0. The van der Waals surface area contributed by atoms with Crippen LogP contribution in [0.15, 0.2) is 11.6 Å². The van der Waals surface area contributed by atoms with Gasteiger partial charge in [0.15, 0.2) is 0 Å². The lowest BCUT2D eigenvalue weighted by Crippen LogP contribution is -2.06. The third kappa shape index (κ3) is 1.32. The fourth-order valence-corrected chi connectivity index (χ4v) is 1.15. The highest BCUT2D eigenvalue weighted by Gasteiger charge is 2.20. The quantitative estimate of drug-likeness (QED) is 0.499. The molecule has 2 heteroatoms. The SMILES string of the molecule is CC1=CC(CO)CC1O. The molecular formula is C7H12O2. The molecule has 0 radical (unpaired) electrons. The molecule has 0 spiro atoms. The molecule has 0 aliphatic heterocycles. The van der Waals surface area contributed by atoms with Crippen LogP contribution < -0.4 is 0 Å². The van der Waals surface area contributed by atoms with E-state index < -0.39 is 0 Å². The average molecular weight is 128 g/mol. The molecular weight excluding hydrogens is 116 g/mol. The van der Waals surface area contributed by atoms with Crippen molar-refractivity contribution in [1.29, 1.82) is 0 Å². The molecule has 1 rings (SSSR count). The van der Waals surface area contributed by atoms with Crippen molar-refractivity contribution in [1.82, 2.24) is 0 Å². The molecule has 0 aromatic heterocycles. The summed E-state index contributed by atoms with van der Waals surface area (Å²) in [6.45, 7) is 2.05. The van der Waals surface area contributed by atoms with E-state index in [1.54, 1.807) is 0 Å². The maximum absolute atomic E-state index is 9.12. The lowest BCUT2D eigenvalue weighted by atomic mass is 10.1. The van der Waals surface area contributed by atoms with Crippen LogP contribution in [0.3, 0.4) is 0 Å². The van der Waals surface area contributed by atoms with E-state index >= 15 is 0 Å². The highest BCUT2D eigenvalue weighted by atomic mass is 16.3. The molecule has 52 valence electrons. The van der Waals surface area contributed by atoms with Crippen LogP contribution in [0.1, 0.15) is 13.3 Å². The van der Waals surface area contributed by atoms with Gasteiger partial charge in [-0.15, -0.1) is 0 Å². The minimum Gasteiger partial charge on any atom is -0.396 e. The molecule has 2 unspecified atom stereocenters. The van der Waals surface area contributed by atoms with Gasteiger partial charge in [0.05, 0.1) is 6.10 Å². The molecule has 0 fully saturated rings. The van der Waals surface area contributed by atoms with Gasteiger partial charge in [0.1, 0.15) is 0 Å². The molecule has 0 aromatic rings. The Morgan fingerprint density at radius 2 is 2.44 bits per heavy atom. The smallest absolute Gasteiger partial charge is 0.0754 e. The summed E-state index contributed by atoms with van der Waals surface area (Å²) in [5.74, 6) is 0.194. The Labute approximate surface area is 54.8 Å². The van der Waals surface area contributed by atoms with Crippen LogP contribution in [0.25, 0.3) is 0 Å². The zero-order valence-corrected chi connectivity index (χ0v) is 5.54. The zero-order chi connectivity index (χ0) is 6.85. The Balaban J connectivity index is 2.52. The third-order valence-electron chi connectivity index (χ3n) is 1.78. The lowest BCUT2D eigenvalue weighted by Gasteiger charge is -2.03. The van der Waals surface area contributed by atoms with Crippen LogP contribution in [-0.2, 0) is 0 Å². The van der Waals surface area contributed by atoms with Crippen LogP contribution in [0, 0.1) is 5.92 Å². The molecule has 2 nitrogen and oxygen atoms in total. The molecule has 0 aromatic carbocycles. The van der Waals surface area contributed by atoms with E-state index in [-0.39, 0.29) is 18.6 Å². The van der Waals surface area contributed by atoms with Gasteiger partial charge in [-0.25, -0.2) is 0 Å². The predicted molar refractivity (Wildman–Crippen MR) is 35.0 cm³/mol. The van der Waals surface area contributed by atoms with Crippen molar-refractivity contribution in [2.75, 3.05) is 6.61 Å². The number of aliphatic hydroxyl groups is 2. The fraction of sp³-hybridized carbons (Fsp3) is 0.714. The average Bonchev–Trinajstić information content (AvgIpc) is 2.13.